The summed E-state index contributed by atoms with van der Waals surface area (Å²) in [6.07, 6.45) is 1.75. The second-order valence-corrected chi connectivity index (χ2v) is 8.93. The number of nitrogens with one attached hydrogen (secondary N) is 1. The molecule has 1 aromatic heterocycles. The lowest BCUT2D eigenvalue weighted by atomic mass is 10.1. The van der Waals surface area contributed by atoms with Gasteiger partial charge in [0.05, 0.1) is 5.75 Å². The molecule has 1 amide bonds. The van der Waals surface area contributed by atoms with Crippen molar-refractivity contribution in [2.45, 2.75) is 39.1 Å². The van der Waals surface area contributed by atoms with Crippen molar-refractivity contribution in [1.29, 1.82) is 0 Å². The SMILES string of the molecule is C=CCn1c(COc2cc(C)c(Cl)c(C)c2)nnc1SCC(=O)Nc1cccc(Cl)c1C. The zero-order valence-electron chi connectivity index (χ0n) is 18.1. The van der Waals surface area contributed by atoms with Gasteiger partial charge in [0, 0.05) is 22.3 Å². The van der Waals surface area contributed by atoms with E-state index in [-0.39, 0.29) is 18.3 Å². The van der Waals surface area contributed by atoms with Crippen LogP contribution in [0.1, 0.15) is 22.5 Å². The molecule has 0 aliphatic carbocycles. The van der Waals surface area contributed by atoms with Gasteiger partial charge in [-0.05, 0) is 61.7 Å². The molecule has 1 N–H and O–H groups in total. The third kappa shape index (κ3) is 5.85. The van der Waals surface area contributed by atoms with Gasteiger partial charge in [0.1, 0.15) is 12.4 Å². The molecular weight excluding hydrogens is 467 g/mol. The van der Waals surface area contributed by atoms with E-state index < -0.39 is 0 Å². The van der Waals surface area contributed by atoms with E-state index in [1.165, 1.54) is 11.8 Å². The van der Waals surface area contributed by atoms with Crippen molar-refractivity contribution >= 4 is 46.6 Å². The summed E-state index contributed by atoms with van der Waals surface area (Å²) < 4.78 is 7.80. The molecule has 3 rings (SSSR count). The smallest absolute Gasteiger partial charge is 0.234 e. The first-order valence-corrected chi connectivity index (χ1v) is 11.6. The minimum Gasteiger partial charge on any atom is -0.486 e. The molecule has 2 aromatic carbocycles. The maximum atomic E-state index is 12.4. The number of aromatic nitrogens is 3. The molecule has 168 valence electrons. The normalized spacial score (nSPS) is 10.8. The topological polar surface area (TPSA) is 69.0 Å². The van der Waals surface area contributed by atoms with Crippen LogP contribution in [0.5, 0.6) is 5.75 Å². The predicted molar refractivity (Wildman–Crippen MR) is 131 cm³/mol. The van der Waals surface area contributed by atoms with Gasteiger partial charge in [-0.15, -0.1) is 16.8 Å². The zero-order valence-corrected chi connectivity index (χ0v) is 20.4. The number of rotatable bonds is 9. The van der Waals surface area contributed by atoms with E-state index in [1.807, 2.05) is 43.5 Å². The van der Waals surface area contributed by atoms with Crippen molar-refractivity contribution in [3.8, 4) is 5.75 Å². The number of allylic oxidation sites excluding steroid dienone is 1. The molecule has 1 heterocycles. The minimum absolute atomic E-state index is 0.154. The quantitative estimate of drug-likeness (QED) is 0.294. The molecule has 0 atom stereocenters. The van der Waals surface area contributed by atoms with Crippen molar-refractivity contribution in [3.05, 3.63) is 75.5 Å². The Kier molecular flexibility index (Phi) is 8.23. The van der Waals surface area contributed by atoms with Crippen LogP contribution in [0, 0.1) is 20.8 Å². The Morgan fingerprint density at radius 2 is 1.94 bits per heavy atom. The summed E-state index contributed by atoms with van der Waals surface area (Å²) in [4.78, 5) is 12.4. The number of carbonyl (C=O) groups excluding carboxylic acids is 1. The molecular formula is C23H24Cl2N4O2S. The third-order valence-electron chi connectivity index (χ3n) is 4.76. The zero-order chi connectivity index (χ0) is 23.3. The number of amides is 1. The fourth-order valence-electron chi connectivity index (χ4n) is 3.04. The molecule has 0 saturated carbocycles. The standard InChI is InChI=1S/C23H24Cl2N4O2S/c1-5-9-29-20(12-31-17-10-14(2)22(25)15(3)11-17)27-28-23(29)32-13-21(30)26-19-8-6-7-18(24)16(19)4/h5-8,10-11H,1,9,12-13H2,2-4H3,(H,26,30). The number of anilines is 1. The monoisotopic (exact) mass is 490 g/mol. The van der Waals surface area contributed by atoms with Gasteiger partial charge >= 0.3 is 0 Å². The number of hydrogen-bond acceptors (Lipinski definition) is 5. The van der Waals surface area contributed by atoms with E-state index >= 15 is 0 Å². The highest BCUT2D eigenvalue weighted by atomic mass is 35.5. The molecule has 0 saturated heterocycles. The fourth-order valence-corrected chi connectivity index (χ4v) is 4.09. The number of benzene rings is 2. The Balaban J connectivity index is 1.66. The van der Waals surface area contributed by atoms with E-state index in [0.717, 1.165) is 21.7 Å². The highest BCUT2D eigenvalue weighted by Gasteiger charge is 2.15. The average molecular weight is 491 g/mol. The maximum Gasteiger partial charge on any atom is 0.234 e. The molecule has 3 aromatic rings. The van der Waals surface area contributed by atoms with Crippen LogP contribution in [-0.4, -0.2) is 26.4 Å². The van der Waals surface area contributed by atoms with Crippen LogP contribution in [-0.2, 0) is 17.9 Å². The first-order valence-electron chi connectivity index (χ1n) is 9.90. The number of thioether (sulfide) groups is 1. The van der Waals surface area contributed by atoms with Gasteiger partial charge in [0.25, 0.3) is 0 Å². The third-order valence-corrected chi connectivity index (χ3v) is 6.73. The van der Waals surface area contributed by atoms with Gasteiger partial charge in [-0.25, -0.2) is 0 Å². The summed E-state index contributed by atoms with van der Waals surface area (Å²) in [6, 6.07) is 9.19. The van der Waals surface area contributed by atoms with Crippen molar-refractivity contribution in [3.63, 3.8) is 0 Å². The summed E-state index contributed by atoms with van der Waals surface area (Å²) in [5.74, 6) is 1.38. The van der Waals surface area contributed by atoms with Crippen LogP contribution < -0.4 is 10.1 Å². The van der Waals surface area contributed by atoms with E-state index in [0.29, 0.717) is 34.0 Å². The highest BCUT2D eigenvalue weighted by Crippen LogP contribution is 2.27. The van der Waals surface area contributed by atoms with Gasteiger partial charge in [-0.3, -0.25) is 9.36 Å². The Morgan fingerprint density at radius 1 is 1.22 bits per heavy atom. The lowest BCUT2D eigenvalue weighted by molar-refractivity contribution is -0.113. The average Bonchev–Trinajstić information content (AvgIpc) is 3.14. The van der Waals surface area contributed by atoms with Crippen LogP contribution in [0.4, 0.5) is 5.69 Å². The second-order valence-electron chi connectivity index (χ2n) is 7.21. The number of ether oxygens (including phenoxy) is 1. The first kappa shape index (κ1) is 24.2. The maximum absolute atomic E-state index is 12.4. The van der Waals surface area contributed by atoms with Crippen molar-refractivity contribution in [1.82, 2.24) is 14.8 Å². The van der Waals surface area contributed by atoms with Crippen LogP contribution >= 0.6 is 35.0 Å². The second kappa shape index (κ2) is 10.9. The number of aryl methyl sites for hydroxylation is 2. The van der Waals surface area contributed by atoms with Gasteiger partial charge in [0.15, 0.2) is 11.0 Å². The lowest BCUT2D eigenvalue weighted by Crippen LogP contribution is -2.15. The van der Waals surface area contributed by atoms with Gasteiger partial charge < -0.3 is 10.1 Å². The van der Waals surface area contributed by atoms with Crippen LogP contribution in [0.25, 0.3) is 0 Å². The van der Waals surface area contributed by atoms with Crippen LogP contribution in [0.3, 0.4) is 0 Å². The summed E-state index contributed by atoms with van der Waals surface area (Å²) in [5.41, 5.74) is 3.42. The first-order chi connectivity index (χ1) is 15.3. The molecule has 0 unspecified atom stereocenters. The summed E-state index contributed by atoms with van der Waals surface area (Å²) in [7, 11) is 0. The highest BCUT2D eigenvalue weighted by molar-refractivity contribution is 7.99. The van der Waals surface area contributed by atoms with Gasteiger partial charge in [0.2, 0.25) is 5.91 Å². The fraction of sp³-hybridized carbons (Fsp3) is 0.261. The van der Waals surface area contributed by atoms with Crippen LogP contribution in [0.2, 0.25) is 10.0 Å². The molecule has 0 bridgehead atoms. The Bertz CT molecular complexity index is 1120. The number of nitrogens with zero attached hydrogens (tertiary/aromatic N) is 3. The summed E-state index contributed by atoms with van der Waals surface area (Å²) in [5, 5.41) is 13.3. The number of carbonyl (C=O) groups is 1. The molecule has 32 heavy (non-hydrogen) atoms. The van der Waals surface area contributed by atoms with Crippen LogP contribution in [0.15, 0.2) is 48.1 Å². The Labute approximate surface area is 202 Å². The predicted octanol–water partition coefficient (Wildman–Crippen LogP) is 6.01. The van der Waals surface area contributed by atoms with Crippen molar-refractivity contribution in [2.24, 2.45) is 0 Å². The molecule has 9 heteroatoms. The Morgan fingerprint density at radius 3 is 2.62 bits per heavy atom. The molecule has 0 aliphatic rings. The number of hydrogen-bond donors (Lipinski definition) is 1. The molecule has 0 aliphatic heterocycles. The molecule has 0 fully saturated rings. The van der Waals surface area contributed by atoms with Gasteiger partial charge in [-0.2, -0.15) is 0 Å². The van der Waals surface area contributed by atoms with E-state index in [1.54, 1.807) is 18.2 Å². The van der Waals surface area contributed by atoms with E-state index in [2.05, 4.69) is 22.1 Å². The minimum atomic E-state index is -0.154. The summed E-state index contributed by atoms with van der Waals surface area (Å²) >= 11 is 13.6. The largest absolute Gasteiger partial charge is 0.486 e. The van der Waals surface area contributed by atoms with Crippen molar-refractivity contribution in [2.75, 3.05) is 11.1 Å². The molecule has 0 radical (unpaired) electrons. The molecule has 6 nitrogen and oxygen atoms in total. The Hall–Kier alpha value is -2.48. The molecule has 0 spiro atoms. The van der Waals surface area contributed by atoms with E-state index in [4.69, 9.17) is 27.9 Å². The van der Waals surface area contributed by atoms with E-state index in [9.17, 15) is 4.79 Å². The summed E-state index contributed by atoms with van der Waals surface area (Å²) in [6.45, 7) is 10.3. The van der Waals surface area contributed by atoms with Gasteiger partial charge in [-0.1, -0.05) is 47.1 Å². The lowest BCUT2D eigenvalue weighted by Gasteiger charge is -2.11. The van der Waals surface area contributed by atoms with Crippen molar-refractivity contribution < 1.29 is 9.53 Å². The number of halogens is 2.